The van der Waals surface area contributed by atoms with Crippen LogP contribution < -0.4 is 0 Å². The summed E-state index contributed by atoms with van der Waals surface area (Å²) in [6.07, 6.45) is 0. The number of hydrogen-bond donors (Lipinski definition) is 0. The van der Waals surface area contributed by atoms with Crippen molar-refractivity contribution in [1.82, 2.24) is 0 Å². The summed E-state index contributed by atoms with van der Waals surface area (Å²) in [5.41, 5.74) is 0.0821. The highest BCUT2D eigenvalue weighted by molar-refractivity contribution is 7.92. The maximum atomic E-state index is 12.0. The average Bonchev–Trinajstić information content (AvgIpc) is 2.27. The lowest BCUT2D eigenvalue weighted by molar-refractivity contribution is 0.0596. The molecule has 5 heteroatoms. The van der Waals surface area contributed by atoms with Gasteiger partial charge in [0, 0.05) is 0 Å². The predicted molar refractivity (Wildman–Crippen MR) is 60.1 cm³/mol. The van der Waals surface area contributed by atoms with Crippen LogP contribution in [0.1, 0.15) is 24.2 Å². The van der Waals surface area contributed by atoms with Crippen LogP contribution in [0.25, 0.3) is 0 Å². The van der Waals surface area contributed by atoms with Gasteiger partial charge < -0.3 is 4.74 Å². The molecule has 1 aromatic carbocycles. The molecule has 0 aliphatic heterocycles. The molecule has 0 heterocycles. The number of hydrogen-bond acceptors (Lipinski definition) is 4. The van der Waals surface area contributed by atoms with Gasteiger partial charge in [-0.2, -0.15) is 0 Å². The lowest BCUT2D eigenvalue weighted by Gasteiger charge is -2.11. The van der Waals surface area contributed by atoms with E-state index < -0.39 is 21.1 Å². The highest BCUT2D eigenvalue weighted by Gasteiger charge is 2.25. The highest BCUT2D eigenvalue weighted by atomic mass is 32.2. The minimum atomic E-state index is -3.46. The Morgan fingerprint density at radius 2 is 1.81 bits per heavy atom. The van der Waals surface area contributed by atoms with E-state index in [4.69, 9.17) is 0 Å². The van der Waals surface area contributed by atoms with Crippen LogP contribution in [-0.4, -0.2) is 26.7 Å². The van der Waals surface area contributed by atoms with E-state index in [1.165, 1.54) is 19.2 Å². The van der Waals surface area contributed by atoms with Crippen molar-refractivity contribution >= 4 is 15.8 Å². The summed E-state index contributed by atoms with van der Waals surface area (Å²) < 4.78 is 28.5. The Bertz CT molecular complexity index is 488. The van der Waals surface area contributed by atoms with E-state index in [2.05, 4.69) is 4.74 Å². The molecule has 0 saturated carbocycles. The summed E-state index contributed by atoms with van der Waals surface area (Å²) >= 11 is 0. The molecule has 4 nitrogen and oxygen atoms in total. The molecule has 1 rings (SSSR count). The van der Waals surface area contributed by atoms with Gasteiger partial charge in [0.1, 0.15) is 0 Å². The molecule has 1 aromatic rings. The van der Waals surface area contributed by atoms with Crippen LogP contribution in [0.3, 0.4) is 0 Å². The first-order chi connectivity index (χ1) is 7.41. The molecule has 0 aliphatic carbocycles. The third kappa shape index (κ3) is 2.24. The van der Waals surface area contributed by atoms with Gasteiger partial charge in [0.15, 0.2) is 9.84 Å². The number of carbonyl (C=O) groups is 1. The molecule has 0 aliphatic rings. The second-order valence-electron chi connectivity index (χ2n) is 3.58. The number of ether oxygens (including phenoxy) is 1. The first kappa shape index (κ1) is 12.7. The zero-order chi connectivity index (χ0) is 12.3. The van der Waals surface area contributed by atoms with Gasteiger partial charge in [-0.1, -0.05) is 12.1 Å². The van der Waals surface area contributed by atoms with Gasteiger partial charge in [-0.25, -0.2) is 13.2 Å². The Hall–Kier alpha value is -1.36. The molecule has 0 radical (unpaired) electrons. The zero-order valence-electron chi connectivity index (χ0n) is 9.43. The largest absolute Gasteiger partial charge is 0.465 e. The summed E-state index contributed by atoms with van der Waals surface area (Å²) in [6.45, 7) is 3.15. The minimum Gasteiger partial charge on any atom is -0.465 e. The van der Waals surface area contributed by atoms with Crippen LogP contribution in [0.15, 0.2) is 29.2 Å². The molecule has 0 spiro atoms. The predicted octanol–water partition coefficient (Wildman–Crippen LogP) is 1.66. The molecule has 0 atom stereocenters. The Labute approximate surface area is 95.2 Å². The first-order valence-corrected chi connectivity index (χ1v) is 6.37. The summed E-state index contributed by atoms with van der Waals surface area (Å²) in [4.78, 5) is 11.4. The lowest BCUT2D eigenvalue weighted by atomic mass is 10.2. The van der Waals surface area contributed by atoms with E-state index in [0.717, 1.165) is 0 Å². The maximum Gasteiger partial charge on any atom is 0.339 e. The van der Waals surface area contributed by atoms with Crippen LogP contribution in [-0.2, 0) is 14.6 Å². The molecule has 16 heavy (non-hydrogen) atoms. The van der Waals surface area contributed by atoms with E-state index in [1.54, 1.807) is 26.0 Å². The van der Waals surface area contributed by atoms with Gasteiger partial charge in [-0.3, -0.25) is 0 Å². The van der Waals surface area contributed by atoms with Crippen molar-refractivity contribution in [3.05, 3.63) is 29.8 Å². The second-order valence-corrected chi connectivity index (χ2v) is 6.05. The van der Waals surface area contributed by atoms with Crippen LogP contribution >= 0.6 is 0 Å². The number of sulfone groups is 1. The standard InChI is InChI=1S/C11H14O4S/c1-8(2)16(13,14)10-7-5-4-6-9(10)11(12)15-3/h4-8H,1-3H3. The van der Waals surface area contributed by atoms with Crippen molar-refractivity contribution in [1.29, 1.82) is 0 Å². The van der Waals surface area contributed by atoms with Crippen molar-refractivity contribution in [2.45, 2.75) is 24.0 Å². The van der Waals surface area contributed by atoms with Crippen LogP contribution in [0.5, 0.6) is 0 Å². The molecule has 0 aromatic heterocycles. The fourth-order valence-corrected chi connectivity index (χ4v) is 2.48. The lowest BCUT2D eigenvalue weighted by Crippen LogP contribution is -2.18. The molecular weight excluding hydrogens is 228 g/mol. The molecule has 88 valence electrons. The van der Waals surface area contributed by atoms with Crippen LogP contribution in [0.4, 0.5) is 0 Å². The molecule has 0 N–H and O–H groups in total. The number of benzene rings is 1. The van der Waals surface area contributed by atoms with Gasteiger partial charge in [-0.05, 0) is 26.0 Å². The summed E-state index contributed by atoms with van der Waals surface area (Å²) in [6, 6.07) is 6.05. The van der Waals surface area contributed by atoms with Crippen LogP contribution in [0.2, 0.25) is 0 Å². The van der Waals surface area contributed by atoms with Crippen molar-refractivity contribution < 1.29 is 17.9 Å². The topological polar surface area (TPSA) is 60.4 Å². The number of rotatable bonds is 3. The Balaban J connectivity index is 3.41. The Morgan fingerprint density at radius 1 is 1.25 bits per heavy atom. The number of methoxy groups -OCH3 is 1. The smallest absolute Gasteiger partial charge is 0.339 e. The quantitative estimate of drug-likeness (QED) is 0.756. The molecular formula is C11H14O4S. The molecule has 0 bridgehead atoms. The highest BCUT2D eigenvalue weighted by Crippen LogP contribution is 2.20. The average molecular weight is 242 g/mol. The minimum absolute atomic E-state index is 0.0249. The van der Waals surface area contributed by atoms with Crippen molar-refractivity contribution in [2.75, 3.05) is 7.11 Å². The fourth-order valence-electron chi connectivity index (χ4n) is 1.25. The SMILES string of the molecule is COC(=O)c1ccccc1S(=O)(=O)C(C)C. The third-order valence-electron chi connectivity index (χ3n) is 2.22. The van der Waals surface area contributed by atoms with Crippen molar-refractivity contribution in [2.24, 2.45) is 0 Å². The van der Waals surface area contributed by atoms with Gasteiger partial charge in [0.25, 0.3) is 0 Å². The summed E-state index contributed by atoms with van der Waals surface area (Å²) in [7, 11) is -2.24. The zero-order valence-corrected chi connectivity index (χ0v) is 10.2. The molecule has 0 unspecified atom stereocenters. The van der Waals surface area contributed by atoms with Gasteiger partial charge in [0.05, 0.1) is 22.8 Å². The molecule has 0 amide bonds. The maximum absolute atomic E-state index is 12.0. The number of carbonyl (C=O) groups excluding carboxylic acids is 1. The first-order valence-electron chi connectivity index (χ1n) is 4.82. The summed E-state index contributed by atoms with van der Waals surface area (Å²) in [5.74, 6) is -0.639. The van der Waals surface area contributed by atoms with E-state index in [-0.39, 0.29) is 10.5 Å². The second kappa shape index (κ2) is 4.65. The van der Waals surface area contributed by atoms with Crippen molar-refractivity contribution in [3.8, 4) is 0 Å². The molecule has 0 saturated heterocycles. The van der Waals surface area contributed by atoms with Gasteiger partial charge in [0.2, 0.25) is 0 Å². The Kier molecular flexibility index (Phi) is 3.70. The van der Waals surface area contributed by atoms with Gasteiger partial charge >= 0.3 is 5.97 Å². The monoisotopic (exact) mass is 242 g/mol. The Morgan fingerprint density at radius 3 is 2.31 bits per heavy atom. The normalized spacial score (nSPS) is 11.5. The summed E-state index contributed by atoms with van der Waals surface area (Å²) in [5, 5.41) is -0.571. The van der Waals surface area contributed by atoms with E-state index >= 15 is 0 Å². The fraction of sp³-hybridized carbons (Fsp3) is 0.364. The van der Waals surface area contributed by atoms with Crippen LogP contribution in [0, 0.1) is 0 Å². The molecule has 0 fully saturated rings. The van der Waals surface area contributed by atoms with Crippen molar-refractivity contribution in [3.63, 3.8) is 0 Å². The van der Waals surface area contributed by atoms with E-state index in [1.807, 2.05) is 0 Å². The van der Waals surface area contributed by atoms with Gasteiger partial charge in [-0.15, -0.1) is 0 Å². The number of esters is 1. The third-order valence-corrected chi connectivity index (χ3v) is 4.43. The van der Waals surface area contributed by atoms with E-state index in [9.17, 15) is 13.2 Å². The van der Waals surface area contributed by atoms with E-state index in [0.29, 0.717) is 0 Å².